The van der Waals surface area contributed by atoms with Crippen LogP contribution in [-0.4, -0.2) is 284 Å². The van der Waals surface area contributed by atoms with E-state index < -0.39 is 135 Å². The van der Waals surface area contributed by atoms with Crippen molar-refractivity contribution in [1.29, 1.82) is 0 Å². The molecule has 17 atom stereocenters. The molecule has 4 heterocycles. The van der Waals surface area contributed by atoms with Gasteiger partial charge in [-0.1, -0.05) is 15.3 Å². The normalized spacial score (nSPS) is 36.4. The van der Waals surface area contributed by atoms with E-state index in [0.29, 0.717) is 6.29 Å². The van der Waals surface area contributed by atoms with Crippen molar-refractivity contribution >= 4 is 12.1 Å². The van der Waals surface area contributed by atoms with Gasteiger partial charge in [-0.25, -0.2) is 0 Å². The number of aliphatic hydroxyl groups is 19. The van der Waals surface area contributed by atoms with Crippen LogP contribution in [0.5, 0.6) is 0 Å². The second kappa shape index (κ2) is 32.9. The average molecular weight is 942 g/mol. The minimum atomic E-state index is -2.19. The van der Waals surface area contributed by atoms with Gasteiger partial charge in [0, 0.05) is 27.8 Å². The summed E-state index contributed by atoms with van der Waals surface area (Å²) in [6.07, 6.45) is -15.3. The van der Waals surface area contributed by atoms with Crippen molar-refractivity contribution in [3.05, 3.63) is 31.3 Å². The molecule has 4 aliphatic rings. The molecule has 9 unspecified atom stereocenters. The van der Waals surface area contributed by atoms with Gasteiger partial charge in [0.2, 0.25) is 11.6 Å². The summed E-state index contributed by atoms with van der Waals surface area (Å²) in [7, 11) is 0. The van der Waals surface area contributed by atoms with Crippen molar-refractivity contribution in [2.75, 3.05) is 72.4 Å². The maximum Gasteiger partial charge on any atom is 0.219 e. The van der Waals surface area contributed by atoms with Crippen LogP contribution in [0.1, 0.15) is 0 Å². The van der Waals surface area contributed by atoms with Gasteiger partial charge in [-0.05, 0) is 16.6 Å². The summed E-state index contributed by atoms with van der Waals surface area (Å²) in [5, 5.41) is 184. The first-order valence-electron chi connectivity index (χ1n) is 18.5. The number of hydrogen-bond donors (Lipinski definition) is 21. The van der Waals surface area contributed by atoms with E-state index in [2.05, 4.69) is 40.7 Å². The van der Waals surface area contributed by atoms with Gasteiger partial charge >= 0.3 is 0 Å². The Hall–Kier alpha value is -3.65. The van der Waals surface area contributed by atoms with Gasteiger partial charge in [-0.3, -0.25) is 4.79 Å². The lowest BCUT2D eigenvalue weighted by Crippen LogP contribution is -2.60. The molecule has 4 aliphatic heterocycles. The third-order valence-corrected chi connectivity index (χ3v) is 8.87. The summed E-state index contributed by atoms with van der Waals surface area (Å²) in [4.78, 5) is 26.5. The van der Waals surface area contributed by atoms with Crippen LogP contribution < -0.4 is 10.6 Å². The molecule has 0 aromatic carbocycles. The molecular weight excluding hydrogens is 882 g/mol. The number of nitrogens with zero attached hydrogens (tertiary/aromatic N) is 9. The van der Waals surface area contributed by atoms with Crippen LogP contribution >= 0.6 is 0 Å². The number of hydrogen-bond acceptors (Lipinski definition) is 28. The van der Waals surface area contributed by atoms with Crippen LogP contribution in [0.2, 0.25) is 0 Å². The highest BCUT2D eigenvalue weighted by Crippen LogP contribution is 2.30. The molecule has 0 aromatic heterocycles. The van der Waals surface area contributed by atoms with Gasteiger partial charge in [0.05, 0.1) is 94.8 Å². The number of β-amino-alcohol motifs (C(OH)–C–C–N with tert-alkyl or cyclic N) is 2. The van der Waals surface area contributed by atoms with Crippen molar-refractivity contribution in [1.82, 2.24) is 10.6 Å². The number of Topliss-reactive ketones (excluding diaryl/α,β-unsaturated/α-hetero) is 1. The molecule has 0 aromatic rings. The molecular formula is C30H59N11O23. The Bertz CT molecular complexity index is 1380. The smallest absolute Gasteiger partial charge is 0.219 e. The Morgan fingerprint density at radius 3 is 1.20 bits per heavy atom. The zero-order chi connectivity index (χ0) is 49.8. The second-order valence-corrected chi connectivity index (χ2v) is 13.5. The zero-order valence-electron chi connectivity index (χ0n) is 33.7. The van der Waals surface area contributed by atoms with Gasteiger partial charge < -0.3 is 122 Å². The Kier molecular flexibility index (Phi) is 32.1. The minimum Gasteiger partial charge on any atom is -0.395 e. The number of aldehydes is 1. The van der Waals surface area contributed by atoms with E-state index in [1.54, 1.807) is 0 Å². The number of carbonyl (C=O) groups is 2. The van der Waals surface area contributed by atoms with E-state index in [0.717, 1.165) is 0 Å². The largest absolute Gasteiger partial charge is 0.395 e. The summed E-state index contributed by atoms with van der Waals surface area (Å²) in [6, 6.07) is -1.07. The molecule has 34 heteroatoms. The molecule has 21 N–H and O–H groups in total. The van der Waals surface area contributed by atoms with Crippen LogP contribution in [0.4, 0.5) is 0 Å². The molecule has 4 saturated heterocycles. The molecule has 0 saturated carbocycles. The van der Waals surface area contributed by atoms with Crippen molar-refractivity contribution in [2.24, 2.45) is 15.3 Å². The maximum absolute atomic E-state index is 9.68. The maximum atomic E-state index is 9.68. The molecule has 372 valence electrons. The highest BCUT2D eigenvalue weighted by Gasteiger charge is 2.53. The van der Waals surface area contributed by atoms with E-state index in [1.807, 2.05) is 0 Å². The number of azide groups is 3. The number of rotatable bonds is 13. The predicted molar refractivity (Wildman–Crippen MR) is 205 cm³/mol. The first-order chi connectivity index (χ1) is 30.0. The molecule has 0 radical (unpaired) electrons. The molecule has 64 heavy (non-hydrogen) atoms. The van der Waals surface area contributed by atoms with E-state index in [4.69, 9.17) is 82.2 Å². The molecule has 0 spiro atoms. The highest BCUT2D eigenvalue weighted by molar-refractivity contribution is 5.80. The Balaban J connectivity index is 0. The number of nitrogens with one attached hydrogen (secondary N) is 2. The van der Waals surface area contributed by atoms with Gasteiger partial charge in [0.1, 0.15) is 62.2 Å². The van der Waals surface area contributed by atoms with Crippen LogP contribution in [0.15, 0.2) is 15.3 Å². The van der Waals surface area contributed by atoms with Gasteiger partial charge in [0.25, 0.3) is 0 Å². The van der Waals surface area contributed by atoms with Crippen molar-refractivity contribution < 1.29 is 116 Å². The highest BCUT2D eigenvalue weighted by atomic mass is 16.7. The molecule has 34 nitrogen and oxygen atoms in total. The Morgan fingerprint density at radius 1 is 0.625 bits per heavy atom. The van der Waals surface area contributed by atoms with Crippen LogP contribution in [-0.2, 0) is 19.1 Å². The standard InChI is InChI=1S/2C6H11N3O5.2C6H13NO4.C3H5N3O2.C3H6O3/c2*7-9-8-1-3-4(11)5(12)6(13,2-10)14-3;2*8-2-3-5(10)6(11)4(9)1-7-3;4-6-5-1-3(8)2-7;4-1-3(6)2-5/h2*3-5,10-13H,1-2H2;2*3-11H,1-2H2;2-3,8H,1H2;4-5H,1-2H2/t3-,4+,5+,6-;3-,4-,5-,6+;;;;/m10..../s1. The molecule has 4 rings (SSSR count). The summed E-state index contributed by atoms with van der Waals surface area (Å²) >= 11 is 0. The van der Waals surface area contributed by atoms with Crippen LogP contribution in [0.3, 0.4) is 0 Å². The number of ether oxygens (including phenoxy) is 2. The van der Waals surface area contributed by atoms with Gasteiger partial charge in [0.15, 0.2) is 5.78 Å². The van der Waals surface area contributed by atoms with Crippen LogP contribution in [0.25, 0.3) is 31.3 Å². The minimum absolute atomic E-state index is 0.181. The fraction of sp³-hybridized carbons (Fsp3) is 0.933. The Labute approximate surface area is 360 Å². The lowest BCUT2D eigenvalue weighted by molar-refractivity contribution is -0.244. The van der Waals surface area contributed by atoms with E-state index >= 15 is 0 Å². The van der Waals surface area contributed by atoms with E-state index in [-0.39, 0.29) is 45.9 Å². The second-order valence-electron chi connectivity index (χ2n) is 13.5. The predicted octanol–water partition coefficient (Wildman–Crippen LogP) is -11.3. The first-order valence-corrected chi connectivity index (χ1v) is 18.5. The third-order valence-electron chi connectivity index (χ3n) is 8.87. The summed E-state index contributed by atoms with van der Waals surface area (Å²) in [6.45, 7) is -3.54. The quantitative estimate of drug-likeness (QED) is 0.0353. The van der Waals surface area contributed by atoms with Crippen LogP contribution in [0, 0.1) is 0 Å². The molecule has 0 amide bonds. The fourth-order valence-corrected chi connectivity index (χ4v) is 5.05. The fourth-order valence-electron chi connectivity index (χ4n) is 5.05. The Morgan fingerprint density at radius 2 is 0.969 bits per heavy atom. The van der Waals surface area contributed by atoms with Crippen molar-refractivity contribution in [3.8, 4) is 0 Å². The zero-order valence-corrected chi connectivity index (χ0v) is 33.7. The third kappa shape index (κ3) is 20.7. The molecule has 4 fully saturated rings. The summed E-state index contributed by atoms with van der Waals surface area (Å²) in [5.41, 5.74) is 23.7. The van der Waals surface area contributed by atoms with Gasteiger partial charge in [-0.15, -0.1) is 0 Å². The lowest BCUT2D eigenvalue weighted by atomic mass is 9.97. The molecule has 0 bridgehead atoms. The molecule has 0 aliphatic carbocycles. The SMILES string of the molecule is O=C(CO)CO.OCC1NCC(O)C(O)C1O.OCC1NCC(O)C(O)C1O.[N-]=[N+]=NCC(O)C=O.[N-]=[N+]=NC[C@@H]1O[C@](O)(CO)[C@@H](O)[C@H]1O.[N-]=[N+]=NC[C@H]1O[C@](O)(CO)[C@@H](O)[C@H]1O. The van der Waals surface area contributed by atoms with Crippen molar-refractivity contribution in [2.45, 2.75) is 103 Å². The van der Waals surface area contributed by atoms with Gasteiger partial charge in [-0.2, -0.15) is 0 Å². The first kappa shape index (κ1) is 62.4. The topological polar surface area (TPSA) is 607 Å². The summed E-state index contributed by atoms with van der Waals surface area (Å²) in [5.74, 6) is -4.92. The number of piperidine rings is 2. The lowest BCUT2D eigenvalue weighted by Gasteiger charge is -2.34. The average Bonchev–Trinajstić information content (AvgIpc) is 3.66. The number of aliphatic hydroxyl groups excluding tert-OH is 17. The van der Waals surface area contributed by atoms with E-state index in [1.165, 1.54) is 0 Å². The van der Waals surface area contributed by atoms with Crippen molar-refractivity contribution in [3.63, 3.8) is 0 Å². The summed E-state index contributed by atoms with van der Waals surface area (Å²) < 4.78 is 9.53. The number of carbonyl (C=O) groups excluding carboxylic acids is 2. The van der Waals surface area contributed by atoms with E-state index in [9.17, 15) is 50.4 Å². The number of ketones is 1. The monoisotopic (exact) mass is 941 g/mol.